The molecule has 7 heteroatoms. The standard InChI is InChI=1S/C24H26N2O5/c1-28-20-14-17(15-21(29-2)23(20)30-3)24(27)26-12-9-18(10-13-26)31-19-8-4-6-16-7-5-11-25-22(16)19/h4-8,11,14-15,18H,9-10,12-13H2,1-3H3. The van der Waals surface area contributed by atoms with Crippen LogP contribution in [-0.2, 0) is 0 Å². The SMILES string of the molecule is COc1cc(C(=O)N2CCC(Oc3cccc4cccnc34)CC2)cc(OC)c1OC. The topological polar surface area (TPSA) is 70.1 Å². The number of carbonyl (C=O) groups is 1. The third kappa shape index (κ3) is 4.21. The Bertz CT molecular complexity index is 1050. The zero-order valence-electron chi connectivity index (χ0n) is 18.0. The molecule has 0 atom stereocenters. The lowest BCUT2D eigenvalue weighted by molar-refractivity contribution is 0.0597. The second kappa shape index (κ2) is 9.12. The second-order valence-electron chi connectivity index (χ2n) is 7.35. The van der Waals surface area contributed by atoms with Crippen molar-refractivity contribution in [1.82, 2.24) is 9.88 Å². The van der Waals surface area contributed by atoms with Gasteiger partial charge in [0.1, 0.15) is 17.4 Å². The Morgan fingerprint density at radius 3 is 2.26 bits per heavy atom. The third-order valence-corrected chi connectivity index (χ3v) is 5.53. The van der Waals surface area contributed by atoms with Gasteiger partial charge in [-0.1, -0.05) is 18.2 Å². The molecule has 1 fully saturated rings. The Morgan fingerprint density at radius 2 is 1.61 bits per heavy atom. The van der Waals surface area contributed by atoms with Crippen LogP contribution in [0.5, 0.6) is 23.0 Å². The van der Waals surface area contributed by atoms with Gasteiger partial charge in [-0.2, -0.15) is 0 Å². The van der Waals surface area contributed by atoms with Gasteiger partial charge in [0.25, 0.3) is 5.91 Å². The van der Waals surface area contributed by atoms with E-state index < -0.39 is 0 Å². The van der Waals surface area contributed by atoms with E-state index in [1.807, 2.05) is 35.2 Å². The first-order chi connectivity index (χ1) is 15.1. The van der Waals surface area contributed by atoms with E-state index in [0.717, 1.165) is 29.5 Å². The number of carbonyl (C=O) groups excluding carboxylic acids is 1. The van der Waals surface area contributed by atoms with E-state index in [-0.39, 0.29) is 12.0 Å². The van der Waals surface area contributed by atoms with Crippen LogP contribution in [0.3, 0.4) is 0 Å². The average molecular weight is 422 g/mol. The Labute approximate surface area is 181 Å². The summed E-state index contributed by atoms with van der Waals surface area (Å²) in [5, 5.41) is 1.05. The second-order valence-corrected chi connectivity index (χ2v) is 7.35. The summed E-state index contributed by atoms with van der Waals surface area (Å²) in [6.07, 6.45) is 3.31. The molecular weight excluding hydrogens is 396 g/mol. The Morgan fingerprint density at radius 1 is 0.935 bits per heavy atom. The van der Waals surface area contributed by atoms with E-state index >= 15 is 0 Å². The molecule has 3 aromatic rings. The molecule has 7 nitrogen and oxygen atoms in total. The number of hydrogen-bond donors (Lipinski definition) is 0. The number of methoxy groups -OCH3 is 3. The van der Waals surface area contributed by atoms with Crippen molar-refractivity contribution in [1.29, 1.82) is 0 Å². The number of pyridine rings is 1. The summed E-state index contributed by atoms with van der Waals surface area (Å²) in [5.74, 6) is 2.12. The molecule has 0 saturated carbocycles. The minimum atomic E-state index is -0.0652. The lowest BCUT2D eigenvalue weighted by atomic mass is 10.1. The van der Waals surface area contributed by atoms with Gasteiger partial charge in [-0.15, -0.1) is 0 Å². The number of para-hydroxylation sites is 1. The predicted molar refractivity (Wildman–Crippen MR) is 117 cm³/mol. The monoisotopic (exact) mass is 422 g/mol. The summed E-state index contributed by atoms with van der Waals surface area (Å²) in [6.45, 7) is 1.22. The number of hydrogen-bond acceptors (Lipinski definition) is 6. The summed E-state index contributed by atoms with van der Waals surface area (Å²) < 4.78 is 22.3. The first-order valence-corrected chi connectivity index (χ1v) is 10.2. The molecule has 1 aliphatic heterocycles. The number of rotatable bonds is 6. The minimum absolute atomic E-state index is 0.0385. The molecular formula is C24H26N2O5. The van der Waals surface area contributed by atoms with Crippen molar-refractivity contribution in [3.8, 4) is 23.0 Å². The number of benzene rings is 2. The molecule has 1 aliphatic rings. The van der Waals surface area contributed by atoms with Crippen LogP contribution in [-0.4, -0.2) is 56.3 Å². The number of piperidine rings is 1. The van der Waals surface area contributed by atoms with Crippen molar-refractivity contribution in [2.24, 2.45) is 0 Å². The first-order valence-electron chi connectivity index (χ1n) is 10.2. The highest BCUT2D eigenvalue weighted by molar-refractivity contribution is 5.95. The highest BCUT2D eigenvalue weighted by Gasteiger charge is 2.27. The number of aromatic nitrogens is 1. The molecule has 0 aliphatic carbocycles. The highest BCUT2D eigenvalue weighted by atomic mass is 16.5. The molecule has 4 rings (SSSR count). The van der Waals surface area contributed by atoms with E-state index in [4.69, 9.17) is 18.9 Å². The average Bonchev–Trinajstić information content (AvgIpc) is 2.83. The molecule has 0 radical (unpaired) electrons. The van der Waals surface area contributed by atoms with Crippen molar-refractivity contribution < 1.29 is 23.7 Å². The largest absolute Gasteiger partial charge is 0.493 e. The van der Waals surface area contributed by atoms with Crippen molar-refractivity contribution in [3.63, 3.8) is 0 Å². The number of amides is 1. The Balaban J connectivity index is 1.44. The summed E-state index contributed by atoms with van der Waals surface area (Å²) in [5.41, 5.74) is 1.37. The summed E-state index contributed by atoms with van der Waals surface area (Å²) in [7, 11) is 4.62. The van der Waals surface area contributed by atoms with Gasteiger partial charge in [0.2, 0.25) is 5.75 Å². The van der Waals surface area contributed by atoms with Gasteiger partial charge < -0.3 is 23.8 Å². The number of fused-ring (bicyclic) bond motifs is 1. The highest BCUT2D eigenvalue weighted by Crippen LogP contribution is 2.38. The van der Waals surface area contributed by atoms with Crippen LogP contribution in [0, 0.1) is 0 Å². The normalized spacial score (nSPS) is 14.4. The smallest absolute Gasteiger partial charge is 0.254 e. The van der Waals surface area contributed by atoms with Gasteiger partial charge in [-0.05, 0) is 24.3 Å². The fraction of sp³-hybridized carbons (Fsp3) is 0.333. The molecule has 0 N–H and O–H groups in total. The molecule has 1 aromatic heterocycles. The number of likely N-dealkylation sites (tertiary alicyclic amines) is 1. The maximum atomic E-state index is 13.1. The van der Waals surface area contributed by atoms with Gasteiger partial charge in [0, 0.05) is 43.1 Å². The maximum Gasteiger partial charge on any atom is 0.254 e. The summed E-state index contributed by atoms with van der Waals surface area (Å²) in [6, 6.07) is 13.3. The van der Waals surface area contributed by atoms with Crippen molar-refractivity contribution >= 4 is 16.8 Å². The van der Waals surface area contributed by atoms with E-state index in [1.165, 1.54) is 21.3 Å². The quantitative estimate of drug-likeness (QED) is 0.599. The van der Waals surface area contributed by atoms with Gasteiger partial charge >= 0.3 is 0 Å². The fourth-order valence-electron chi connectivity index (χ4n) is 3.91. The Hall–Kier alpha value is -3.48. The third-order valence-electron chi connectivity index (χ3n) is 5.53. The molecule has 0 unspecified atom stereocenters. The van der Waals surface area contributed by atoms with Crippen LogP contribution in [0.4, 0.5) is 0 Å². The minimum Gasteiger partial charge on any atom is -0.493 e. The van der Waals surface area contributed by atoms with Crippen LogP contribution in [0.1, 0.15) is 23.2 Å². The zero-order valence-corrected chi connectivity index (χ0v) is 18.0. The van der Waals surface area contributed by atoms with Crippen molar-refractivity contribution in [2.45, 2.75) is 18.9 Å². The maximum absolute atomic E-state index is 13.1. The molecule has 0 spiro atoms. The predicted octanol–water partition coefficient (Wildman–Crippen LogP) is 3.94. The van der Waals surface area contributed by atoms with Crippen LogP contribution < -0.4 is 18.9 Å². The van der Waals surface area contributed by atoms with Crippen LogP contribution in [0.15, 0.2) is 48.7 Å². The van der Waals surface area contributed by atoms with E-state index in [1.54, 1.807) is 18.3 Å². The van der Waals surface area contributed by atoms with Gasteiger partial charge in [0.15, 0.2) is 11.5 Å². The summed E-state index contributed by atoms with van der Waals surface area (Å²) in [4.78, 5) is 19.4. The van der Waals surface area contributed by atoms with Crippen LogP contribution in [0.2, 0.25) is 0 Å². The molecule has 1 saturated heterocycles. The van der Waals surface area contributed by atoms with Crippen LogP contribution >= 0.6 is 0 Å². The van der Waals surface area contributed by atoms with E-state index in [2.05, 4.69) is 4.98 Å². The molecule has 0 bridgehead atoms. The van der Waals surface area contributed by atoms with Gasteiger partial charge in [-0.25, -0.2) is 0 Å². The van der Waals surface area contributed by atoms with Gasteiger partial charge in [0.05, 0.1) is 21.3 Å². The molecule has 162 valence electrons. The van der Waals surface area contributed by atoms with E-state index in [0.29, 0.717) is 35.9 Å². The zero-order chi connectivity index (χ0) is 21.8. The van der Waals surface area contributed by atoms with Crippen LogP contribution in [0.25, 0.3) is 10.9 Å². The van der Waals surface area contributed by atoms with Crippen molar-refractivity contribution in [2.75, 3.05) is 34.4 Å². The molecule has 2 heterocycles. The van der Waals surface area contributed by atoms with E-state index in [9.17, 15) is 4.79 Å². The number of ether oxygens (including phenoxy) is 4. The molecule has 31 heavy (non-hydrogen) atoms. The lowest BCUT2D eigenvalue weighted by Gasteiger charge is -2.32. The lowest BCUT2D eigenvalue weighted by Crippen LogP contribution is -2.41. The number of nitrogens with zero attached hydrogens (tertiary/aromatic N) is 2. The molecule has 1 amide bonds. The first kappa shape index (κ1) is 20.8. The fourth-order valence-corrected chi connectivity index (χ4v) is 3.91. The van der Waals surface area contributed by atoms with Gasteiger partial charge in [-0.3, -0.25) is 9.78 Å². The van der Waals surface area contributed by atoms with Crippen molar-refractivity contribution in [3.05, 3.63) is 54.2 Å². The summed E-state index contributed by atoms with van der Waals surface area (Å²) >= 11 is 0. The Kier molecular flexibility index (Phi) is 6.11. The molecule has 2 aromatic carbocycles.